The molecule has 2 rings (SSSR count). The van der Waals surface area contributed by atoms with Crippen LogP contribution in [0.2, 0.25) is 0 Å². The number of aliphatic imine (C=N–C) groups is 1. The smallest absolute Gasteiger partial charge is 0.220 e. The first kappa shape index (κ1) is 22.0. The zero-order valence-electron chi connectivity index (χ0n) is 17.9. The molecule has 0 aliphatic carbocycles. The first-order chi connectivity index (χ1) is 13.6. The maximum Gasteiger partial charge on any atom is 0.220 e. The van der Waals surface area contributed by atoms with E-state index in [4.69, 9.17) is 4.99 Å². The molecule has 0 spiro atoms. The molecule has 1 fully saturated rings. The Kier molecular flexibility index (Phi) is 9.04. The lowest BCUT2D eigenvalue weighted by molar-refractivity contribution is -0.121. The van der Waals surface area contributed by atoms with E-state index in [-0.39, 0.29) is 5.91 Å². The molecular weight excluding hydrogens is 352 g/mol. The fourth-order valence-electron chi connectivity index (χ4n) is 3.55. The minimum atomic E-state index is 0.139. The van der Waals surface area contributed by atoms with E-state index in [1.54, 1.807) is 7.05 Å². The lowest BCUT2D eigenvalue weighted by Crippen LogP contribution is -2.46. The third kappa shape index (κ3) is 6.39. The molecule has 1 aliphatic heterocycles. The number of aromatic nitrogens is 1. The van der Waals surface area contributed by atoms with Crippen LogP contribution >= 0.6 is 0 Å². The van der Waals surface area contributed by atoms with Gasteiger partial charge in [0.05, 0.1) is 6.54 Å². The summed E-state index contributed by atoms with van der Waals surface area (Å²) >= 11 is 0. The van der Waals surface area contributed by atoms with Gasteiger partial charge in [0, 0.05) is 52.4 Å². The normalized spacial score (nSPS) is 15.4. The van der Waals surface area contributed by atoms with Crippen molar-refractivity contribution in [2.75, 3.05) is 44.7 Å². The summed E-state index contributed by atoms with van der Waals surface area (Å²) in [6.07, 6.45) is 4.61. The number of nitrogens with zero attached hydrogens (tertiary/aromatic N) is 4. The first-order valence-electron chi connectivity index (χ1n) is 10.5. The molecule has 0 aromatic carbocycles. The number of nitrogens with one attached hydrogen (secondary N) is 2. The zero-order chi connectivity index (χ0) is 20.4. The Morgan fingerprint density at radius 2 is 1.96 bits per heavy atom. The molecular formula is C21H36N6O. The summed E-state index contributed by atoms with van der Waals surface area (Å²) in [6.45, 7) is 11.6. The largest absolute Gasteiger partial charge is 0.359 e. The van der Waals surface area contributed by atoms with E-state index in [0.717, 1.165) is 62.9 Å². The van der Waals surface area contributed by atoms with Crippen LogP contribution in [-0.2, 0) is 11.3 Å². The van der Waals surface area contributed by atoms with Crippen LogP contribution < -0.4 is 15.5 Å². The van der Waals surface area contributed by atoms with Gasteiger partial charge >= 0.3 is 0 Å². The number of carbonyl (C=O) groups excluding carboxylic acids is 1. The second-order valence-electron chi connectivity index (χ2n) is 7.17. The molecule has 1 aromatic heterocycles. The fourth-order valence-corrected chi connectivity index (χ4v) is 3.55. The lowest BCUT2D eigenvalue weighted by Gasteiger charge is -2.34. The predicted octanol–water partition coefficient (Wildman–Crippen LogP) is 2.24. The highest BCUT2D eigenvalue weighted by Crippen LogP contribution is 2.20. The second-order valence-corrected chi connectivity index (χ2v) is 7.17. The Balaban J connectivity index is 1.94. The van der Waals surface area contributed by atoms with Crippen LogP contribution in [-0.4, -0.2) is 61.5 Å². The molecule has 0 saturated carbocycles. The van der Waals surface area contributed by atoms with E-state index in [9.17, 15) is 4.79 Å². The number of guanidine groups is 1. The average Bonchev–Trinajstić information content (AvgIpc) is 2.73. The molecule has 2 heterocycles. The molecule has 28 heavy (non-hydrogen) atoms. The van der Waals surface area contributed by atoms with Gasteiger partial charge in [-0.1, -0.05) is 6.07 Å². The quantitative estimate of drug-likeness (QED) is 0.528. The minimum absolute atomic E-state index is 0.139. The van der Waals surface area contributed by atoms with Crippen molar-refractivity contribution < 1.29 is 4.79 Å². The third-order valence-electron chi connectivity index (χ3n) is 5.31. The zero-order valence-corrected chi connectivity index (χ0v) is 17.9. The monoisotopic (exact) mass is 388 g/mol. The number of amides is 1. The van der Waals surface area contributed by atoms with Gasteiger partial charge in [0.1, 0.15) is 5.82 Å². The summed E-state index contributed by atoms with van der Waals surface area (Å²) in [7, 11) is 1.71. The molecule has 2 N–H and O–H groups in total. The van der Waals surface area contributed by atoms with Gasteiger partial charge in [0.15, 0.2) is 5.96 Å². The van der Waals surface area contributed by atoms with Gasteiger partial charge in [-0.3, -0.25) is 4.79 Å². The van der Waals surface area contributed by atoms with E-state index in [0.29, 0.717) is 18.9 Å². The van der Waals surface area contributed by atoms with Crippen LogP contribution in [0.1, 0.15) is 45.6 Å². The molecule has 0 radical (unpaired) electrons. The van der Waals surface area contributed by atoms with Gasteiger partial charge in [-0.25, -0.2) is 9.98 Å². The Hall–Kier alpha value is -2.31. The van der Waals surface area contributed by atoms with Crippen molar-refractivity contribution in [3.8, 4) is 0 Å². The molecule has 1 aliphatic rings. The lowest BCUT2D eigenvalue weighted by atomic mass is 9.93. The van der Waals surface area contributed by atoms with Gasteiger partial charge in [-0.2, -0.15) is 0 Å². The topological polar surface area (TPSA) is 72.9 Å². The first-order valence-corrected chi connectivity index (χ1v) is 10.5. The van der Waals surface area contributed by atoms with Crippen molar-refractivity contribution in [3.63, 3.8) is 0 Å². The second kappa shape index (κ2) is 11.5. The predicted molar refractivity (Wildman–Crippen MR) is 116 cm³/mol. The van der Waals surface area contributed by atoms with Crippen molar-refractivity contribution in [2.24, 2.45) is 10.9 Å². The Labute approximate surface area is 169 Å². The van der Waals surface area contributed by atoms with Gasteiger partial charge in [-0.05, 0) is 51.2 Å². The third-order valence-corrected chi connectivity index (χ3v) is 5.31. The van der Waals surface area contributed by atoms with Crippen molar-refractivity contribution in [1.82, 2.24) is 20.5 Å². The van der Waals surface area contributed by atoms with E-state index < -0.39 is 0 Å². The summed E-state index contributed by atoms with van der Waals surface area (Å²) in [5.74, 6) is 2.58. The highest BCUT2D eigenvalue weighted by Gasteiger charge is 2.23. The Morgan fingerprint density at radius 3 is 2.50 bits per heavy atom. The van der Waals surface area contributed by atoms with Crippen molar-refractivity contribution in [1.29, 1.82) is 0 Å². The minimum Gasteiger partial charge on any atom is -0.359 e. The number of piperidine rings is 1. The van der Waals surface area contributed by atoms with Gasteiger partial charge in [-0.15, -0.1) is 0 Å². The number of hydrogen-bond donors (Lipinski definition) is 2. The SMILES string of the molecule is CCNC(=NCc1ccc(N(CC)CC)nc1)N1CCC(CC(=O)NC)CC1. The molecule has 1 aromatic rings. The molecule has 156 valence electrons. The maximum absolute atomic E-state index is 11.6. The molecule has 7 nitrogen and oxygen atoms in total. The average molecular weight is 389 g/mol. The molecule has 0 bridgehead atoms. The van der Waals surface area contributed by atoms with Crippen LogP contribution in [0.3, 0.4) is 0 Å². The number of likely N-dealkylation sites (tertiary alicyclic amines) is 1. The summed E-state index contributed by atoms with van der Waals surface area (Å²) in [4.78, 5) is 25.5. The molecule has 0 atom stereocenters. The fraction of sp³-hybridized carbons (Fsp3) is 0.667. The highest BCUT2D eigenvalue weighted by molar-refractivity contribution is 5.80. The van der Waals surface area contributed by atoms with E-state index in [1.165, 1.54) is 0 Å². The van der Waals surface area contributed by atoms with Crippen molar-refractivity contribution >= 4 is 17.7 Å². The summed E-state index contributed by atoms with van der Waals surface area (Å²) in [5, 5.41) is 6.13. The van der Waals surface area contributed by atoms with Crippen LogP contribution in [0.5, 0.6) is 0 Å². The Bertz CT molecular complexity index is 618. The Morgan fingerprint density at radius 1 is 1.25 bits per heavy atom. The van der Waals surface area contributed by atoms with E-state index >= 15 is 0 Å². The van der Waals surface area contributed by atoms with E-state index in [2.05, 4.69) is 58.3 Å². The van der Waals surface area contributed by atoms with Gasteiger partial charge in [0.2, 0.25) is 5.91 Å². The number of hydrogen-bond acceptors (Lipinski definition) is 4. The number of carbonyl (C=O) groups is 1. The summed E-state index contributed by atoms with van der Waals surface area (Å²) in [5.41, 5.74) is 1.11. The van der Waals surface area contributed by atoms with Gasteiger partial charge in [0.25, 0.3) is 0 Å². The number of pyridine rings is 1. The molecule has 0 unspecified atom stereocenters. The standard InChI is InChI=1S/C21H36N6O/c1-5-23-21(27-12-10-17(11-13-27)14-20(28)22-4)25-16-18-8-9-19(24-15-18)26(6-2)7-3/h8-9,15,17H,5-7,10-14,16H2,1-4H3,(H,22,28)(H,23,25). The summed E-state index contributed by atoms with van der Waals surface area (Å²) < 4.78 is 0. The summed E-state index contributed by atoms with van der Waals surface area (Å²) in [6, 6.07) is 4.19. The molecule has 1 amide bonds. The van der Waals surface area contributed by atoms with Crippen LogP contribution in [0.25, 0.3) is 0 Å². The number of rotatable bonds is 8. The number of anilines is 1. The van der Waals surface area contributed by atoms with Gasteiger partial charge < -0.3 is 20.4 Å². The van der Waals surface area contributed by atoms with E-state index in [1.807, 2.05) is 6.20 Å². The molecule has 1 saturated heterocycles. The maximum atomic E-state index is 11.6. The van der Waals surface area contributed by atoms with Crippen molar-refractivity contribution in [3.05, 3.63) is 23.9 Å². The van der Waals surface area contributed by atoms with Crippen LogP contribution in [0.4, 0.5) is 5.82 Å². The van der Waals surface area contributed by atoms with Crippen LogP contribution in [0.15, 0.2) is 23.3 Å². The van der Waals surface area contributed by atoms with Crippen molar-refractivity contribution in [2.45, 2.75) is 46.6 Å². The highest BCUT2D eigenvalue weighted by atomic mass is 16.1. The van der Waals surface area contributed by atoms with Crippen LogP contribution in [0, 0.1) is 5.92 Å². The molecule has 7 heteroatoms.